The van der Waals surface area contributed by atoms with Crippen molar-refractivity contribution in [3.63, 3.8) is 0 Å². The summed E-state index contributed by atoms with van der Waals surface area (Å²) in [4.78, 5) is 7.02. The van der Waals surface area contributed by atoms with E-state index in [9.17, 15) is 0 Å². The monoisotopic (exact) mass is 339 g/mol. The van der Waals surface area contributed by atoms with Crippen LogP contribution >= 0.6 is 15.9 Å². The fraction of sp³-hybridized carbons (Fsp3) is 0.667. The lowest BCUT2D eigenvalue weighted by Crippen LogP contribution is -2.40. The van der Waals surface area contributed by atoms with Gasteiger partial charge in [-0.2, -0.15) is 0 Å². The molecule has 0 spiro atoms. The number of rotatable bonds is 5. The lowest BCUT2D eigenvalue weighted by atomic mass is 10.1. The molecule has 1 unspecified atom stereocenters. The molecule has 2 fully saturated rings. The maximum absolute atomic E-state index is 5.52. The molecule has 5 heteroatoms. The van der Waals surface area contributed by atoms with Crippen LogP contribution in [0.5, 0.6) is 0 Å². The molecule has 0 radical (unpaired) electrons. The molecule has 2 heterocycles. The first kappa shape index (κ1) is 14.3. The molecule has 110 valence electrons. The van der Waals surface area contributed by atoms with Crippen molar-refractivity contribution in [2.24, 2.45) is 0 Å². The molecule has 1 N–H and O–H groups in total. The van der Waals surface area contributed by atoms with E-state index in [2.05, 4.69) is 37.2 Å². The van der Waals surface area contributed by atoms with Gasteiger partial charge in [0.1, 0.15) is 5.82 Å². The first-order valence-corrected chi connectivity index (χ1v) is 8.21. The third-order valence-electron chi connectivity index (χ3n) is 4.08. The average Bonchev–Trinajstić information content (AvgIpc) is 3.29. The van der Waals surface area contributed by atoms with E-state index in [0.717, 1.165) is 42.4 Å². The van der Waals surface area contributed by atoms with Gasteiger partial charge in [0.25, 0.3) is 0 Å². The van der Waals surface area contributed by atoms with Gasteiger partial charge in [-0.1, -0.05) is 0 Å². The summed E-state index contributed by atoms with van der Waals surface area (Å²) in [7, 11) is 1.80. The zero-order valence-electron chi connectivity index (χ0n) is 11.9. The summed E-state index contributed by atoms with van der Waals surface area (Å²) < 4.78 is 6.57. The lowest BCUT2D eigenvalue weighted by Gasteiger charge is -2.34. The Balaban J connectivity index is 1.75. The summed E-state index contributed by atoms with van der Waals surface area (Å²) in [6, 6.07) is 2.91. The van der Waals surface area contributed by atoms with Crippen LogP contribution in [0.4, 0.5) is 5.82 Å². The number of pyridine rings is 1. The number of nitrogens with zero attached hydrogens (tertiary/aromatic N) is 2. The molecule has 1 aliphatic heterocycles. The molecule has 20 heavy (non-hydrogen) atoms. The minimum atomic E-state index is 0.332. The van der Waals surface area contributed by atoms with E-state index in [4.69, 9.17) is 4.74 Å². The van der Waals surface area contributed by atoms with Gasteiger partial charge < -0.3 is 15.0 Å². The second kappa shape index (κ2) is 6.41. The van der Waals surface area contributed by atoms with Crippen molar-refractivity contribution in [1.82, 2.24) is 10.3 Å². The van der Waals surface area contributed by atoms with Gasteiger partial charge in [0.2, 0.25) is 0 Å². The van der Waals surface area contributed by atoms with Gasteiger partial charge in [-0.05, 0) is 47.7 Å². The number of halogens is 1. The van der Waals surface area contributed by atoms with Crippen molar-refractivity contribution < 1.29 is 4.74 Å². The second-order valence-electron chi connectivity index (χ2n) is 5.74. The summed E-state index contributed by atoms with van der Waals surface area (Å²) in [5, 5.41) is 3.59. The molecular weight excluding hydrogens is 318 g/mol. The van der Waals surface area contributed by atoms with E-state index in [1.807, 2.05) is 6.20 Å². The third-order valence-corrected chi connectivity index (χ3v) is 4.51. The summed E-state index contributed by atoms with van der Waals surface area (Å²) in [6.45, 7) is 2.92. The van der Waals surface area contributed by atoms with Gasteiger partial charge in [0, 0.05) is 49.0 Å². The van der Waals surface area contributed by atoms with Crippen LogP contribution in [0.15, 0.2) is 16.7 Å². The highest BCUT2D eigenvalue weighted by atomic mass is 79.9. The Morgan fingerprint density at radius 1 is 1.45 bits per heavy atom. The smallest absolute Gasteiger partial charge is 0.133 e. The first-order chi connectivity index (χ1) is 9.76. The van der Waals surface area contributed by atoms with Gasteiger partial charge in [-0.15, -0.1) is 0 Å². The van der Waals surface area contributed by atoms with E-state index in [-0.39, 0.29) is 0 Å². The third kappa shape index (κ3) is 3.51. The highest BCUT2D eigenvalue weighted by Crippen LogP contribution is 2.27. The Bertz CT molecular complexity index is 464. The molecule has 1 atom stereocenters. The topological polar surface area (TPSA) is 37.4 Å². The lowest BCUT2D eigenvalue weighted by molar-refractivity contribution is 0.0891. The number of anilines is 1. The van der Waals surface area contributed by atoms with Gasteiger partial charge in [-0.3, -0.25) is 0 Å². The second-order valence-corrected chi connectivity index (χ2v) is 6.65. The normalized spacial score (nSPS) is 23.1. The van der Waals surface area contributed by atoms with E-state index in [1.54, 1.807) is 7.11 Å². The molecule has 1 aliphatic carbocycles. The Morgan fingerprint density at radius 2 is 2.30 bits per heavy atom. The number of nitrogens with one attached hydrogen (secondary N) is 1. The fourth-order valence-corrected chi connectivity index (χ4v) is 3.13. The first-order valence-electron chi connectivity index (χ1n) is 7.42. The minimum Gasteiger partial charge on any atom is -0.380 e. The highest BCUT2D eigenvalue weighted by molar-refractivity contribution is 9.10. The molecule has 0 bridgehead atoms. The number of ether oxygens (including phenoxy) is 1. The Hall–Kier alpha value is -0.650. The molecule has 1 aromatic rings. The van der Waals surface area contributed by atoms with E-state index in [1.165, 1.54) is 24.8 Å². The van der Waals surface area contributed by atoms with E-state index in [0.29, 0.717) is 6.10 Å². The van der Waals surface area contributed by atoms with Crippen LogP contribution in [0, 0.1) is 0 Å². The molecule has 4 nitrogen and oxygen atoms in total. The van der Waals surface area contributed by atoms with Crippen molar-refractivity contribution in [3.8, 4) is 0 Å². The largest absolute Gasteiger partial charge is 0.380 e. The maximum atomic E-state index is 5.52. The van der Waals surface area contributed by atoms with Gasteiger partial charge in [0.15, 0.2) is 0 Å². The van der Waals surface area contributed by atoms with E-state index < -0.39 is 0 Å². The number of piperidine rings is 1. The summed E-state index contributed by atoms with van der Waals surface area (Å²) in [5.41, 5.74) is 1.28. The van der Waals surface area contributed by atoms with Crippen molar-refractivity contribution in [2.45, 2.75) is 44.4 Å². The van der Waals surface area contributed by atoms with Crippen molar-refractivity contribution >= 4 is 21.7 Å². The maximum Gasteiger partial charge on any atom is 0.133 e. The van der Waals surface area contributed by atoms with Crippen LogP contribution in [0.2, 0.25) is 0 Å². The SMILES string of the molecule is COC1CCCN(c2ncc(Br)cc2CNC2CC2)C1. The molecule has 1 saturated carbocycles. The van der Waals surface area contributed by atoms with Crippen LogP contribution in [-0.4, -0.2) is 37.3 Å². The average molecular weight is 340 g/mol. The number of hydrogen-bond acceptors (Lipinski definition) is 4. The highest BCUT2D eigenvalue weighted by Gasteiger charge is 2.24. The fourth-order valence-electron chi connectivity index (χ4n) is 2.75. The summed E-state index contributed by atoms with van der Waals surface area (Å²) in [6.07, 6.45) is 7.17. The zero-order valence-corrected chi connectivity index (χ0v) is 13.5. The van der Waals surface area contributed by atoms with Crippen LogP contribution < -0.4 is 10.2 Å². The van der Waals surface area contributed by atoms with Crippen molar-refractivity contribution in [2.75, 3.05) is 25.1 Å². The predicted octanol–water partition coefficient (Wildman–Crippen LogP) is 2.71. The zero-order chi connectivity index (χ0) is 13.9. The molecule has 3 rings (SSSR count). The Kier molecular flexibility index (Phi) is 4.58. The Labute approximate surface area is 129 Å². The predicted molar refractivity (Wildman–Crippen MR) is 84.0 cm³/mol. The Morgan fingerprint density at radius 3 is 3.05 bits per heavy atom. The van der Waals surface area contributed by atoms with Gasteiger partial charge in [0.05, 0.1) is 6.10 Å². The van der Waals surface area contributed by atoms with Gasteiger partial charge >= 0.3 is 0 Å². The summed E-state index contributed by atoms with van der Waals surface area (Å²) >= 11 is 3.54. The van der Waals surface area contributed by atoms with E-state index >= 15 is 0 Å². The molecular formula is C15H22BrN3O. The van der Waals surface area contributed by atoms with Crippen molar-refractivity contribution in [3.05, 3.63) is 22.3 Å². The van der Waals surface area contributed by atoms with Crippen LogP contribution in [0.3, 0.4) is 0 Å². The quantitative estimate of drug-likeness (QED) is 0.894. The van der Waals surface area contributed by atoms with Crippen molar-refractivity contribution in [1.29, 1.82) is 0 Å². The van der Waals surface area contributed by atoms with Crippen LogP contribution in [0.25, 0.3) is 0 Å². The van der Waals surface area contributed by atoms with Crippen LogP contribution in [0.1, 0.15) is 31.2 Å². The molecule has 0 amide bonds. The number of aromatic nitrogens is 1. The molecule has 2 aliphatic rings. The molecule has 0 aromatic carbocycles. The number of hydrogen-bond donors (Lipinski definition) is 1. The standard InChI is InChI=1S/C15H22BrN3O/c1-20-14-3-2-6-19(10-14)15-11(7-12(16)9-18-15)8-17-13-4-5-13/h7,9,13-14,17H,2-6,8,10H2,1H3. The number of methoxy groups -OCH3 is 1. The van der Waals surface area contributed by atoms with Crippen LogP contribution in [-0.2, 0) is 11.3 Å². The summed E-state index contributed by atoms with van der Waals surface area (Å²) in [5.74, 6) is 1.11. The molecule has 1 saturated heterocycles. The minimum absolute atomic E-state index is 0.332. The molecule has 1 aromatic heterocycles. The van der Waals surface area contributed by atoms with Gasteiger partial charge in [-0.25, -0.2) is 4.98 Å².